The fraction of sp³-hybridized carbons (Fsp3) is 0.312. The van der Waals surface area contributed by atoms with Crippen LogP contribution in [-0.2, 0) is 14.4 Å². The minimum Gasteiger partial charge on any atom is -0.477 e. The van der Waals surface area contributed by atoms with Crippen molar-refractivity contribution in [3.8, 4) is 0 Å². The summed E-state index contributed by atoms with van der Waals surface area (Å²) in [5, 5.41) is 27.0. The molecule has 2 aliphatic rings. The molecule has 1 aromatic heterocycles. The van der Waals surface area contributed by atoms with Gasteiger partial charge in [-0.3, -0.25) is 14.5 Å². The van der Waals surface area contributed by atoms with Gasteiger partial charge in [-0.15, -0.1) is 23.1 Å². The lowest BCUT2D eigenvalue weighted by molar-refractivity contribution is -0.150. The lowest BCUT2D eigenvalue weighted by Gasteiger charge is -2.49. The highest BCUT2D eigenvalue weighted by molar-refractivity contribution is 8.08. The van der Waals surface area contributed by atoms with Crippen LogP contribution < -0.4 is 16.8 Å². The summed E-state index contributed by atoms with van der Waals surface area (Å²) < 4.78 is 0. The first kappa shape index (κ1) is 22.1. The van der Waals surface area contributed by atoms with E-state index in [1.54, 1.807) is 5.41 Å². The number of aliphatic carboxylic acids is 1. The van der Waals surface area contributed by atoms with Crippen LogP contribution in [0, 0.1) is 0 Å². The highest BCUT2D eigenvalue weighted by atomic mass is 32.2. The predicted molar refractivity (Wildman–Crippen MR) is 115 cm³/mol. The van der Waals surface area contributed by atoms with Gasteiger partial charge in [-0.2, -0.15) is 0 Å². The average Bonchev–Trinajstić information content (AvgIpc) is 3.15. The molecule has 1 fully saturated rings. The average molecular weight is 471 g/mol. The second-order valence-electron chi connectivity index (χ2n) is 6.02. The Bertz CT molecular complexity index is 959. The fourth-order valence-electron chi connectivity index (χ4n) is 2.79. The molecule has 3 rings (SSSR count). The molecular formula is C16H18N6O5S3. The molecule has 2 atom stereocenters. The summed E-state index contributed by atoms with van der Waals surface area (Å²) >= 11 is 3.63. The second kappa shape index (κ2) is 9.51. The number of rotatable bonds is 8. The first-order valence-electron chi connectivity index (χ1n) is 8.56. The summed E-state index contributed by atoms with van der Waals surface area (Å²) in [6.07, 6.45) is 2.49. The minimum atomic E-state index is -1.22. The number of hydrogen-bond donors (Lipinski definition) is 5. The van der Waals surface area contributed by atoms with Gasteiger partial charge in [-0.05, 0) is 18.4 Å². The van der Waals surface area contributed by atoms with Crippen LogP contribution in [0.2, 0.25) is 0 Å². The van der Waals surface area contributed by atoms with Crippen molar-refractivity contribution in [2.24, 2.45) is 10.9 Å². The van der Waals surface area contributed by atoms with Crippen LogP contribution in [0.5, 0.6) is 0 Å². The summed E-state index contributed by atoms with van der Waals surface area (Å²) in [5.74, 6) is -2.23. The van der Waals surface area contributed by atoms with Crippen LogP contribution in [0.4, 0.5) is 5.13 Å². The zero-order chi connectivity index (χ0) is 21.8. The minimum absolute atomic E-state index is 0.0755. The van der Waals surface area contributed by atoms with E-state index < -0.39 is 29.2 Å². The number of nitrogen functional groups attached to an aromatic ring is 1. The molecule has 14 heteroatoms. The molecule has 0 bridgehead atoms. The van der Waals surface area contributed by atoms with E-state index in [0.29, 0.717) is 23.6 Å². The van der Waals surface area contributed by atoms with Crippen molar-refractivity contribution in [1.82, 2.24) is 15.2 Å². The van der Waals surface area contributed by atoms with Gasteiger partial charge in [-0.1, -0.05) is 23.0 Å². The number of oxime groups is 1. The topological polar surface area (TPSA) is 184 Å². The summed E-state index contributed by atoms with van der Waals surface area (Å²) in [7, 11) is 0. The molecule has 1 saturated heterocycles. The number of nitrogens with one attached hydrogen (secondary N) is 1. The number of hydrogen-bond acceptors (Lipinski definition) is 11. The SMILES string of the molecule is NCC/C=C\SC1=C(C(=O)O)N2C(=O)C(NC(=O)/C(=N\O)c3csc(N)n3)[C@H]2SC1. The maximum absolute atomic E-state index is 12.6. The molecule has 11 nitrogen and oxygen atoms in total. The quantitative estimate of drug-likeness (QED) is 0.152. The third kappa shape index (κ3) is 4.30. The van der Waals surface area contributed by atoms with E-state index in [1.165, 1.54) is 28.9 Å². The number of thioether (sulfide) groups is 2. The first-order chi connectivity index (χ1) is 14.4. The summed E-state index contributed by atoms with van der Waals surface area (Å²) in [6.45, 7) is 0.483. The molecule has 0 aliphatic carbocycles. The molecule has 0 spiro atoms. The van der Waals surface area contributed by atoms with Gasteiger partial charge < -0.3 is 27.1 Å². The third-order valence-corrected chi connectivity index (χ3v) is 7.23. The van der Waals surface area contributed by atoms with Crippen molar-refractivity contribution in [1.29, 1.82) is 0 Å². The van der Waals surface area contributed by atoms with Gasteiger partial charge in [0.1, 0.15) is 22.8 Å². The molecule has 30 heavy (non-hydrogen) atoms. The van der Waals surface area contributed by atoms with E-state index >= 15 is 0 Å². The molecular weight excluding hydrogens is 452 g/mol. The van der Waals surface area contributed by atoms with E-state index in [-0.39, 0.29) is 22.2 Å². The van der Waals surface area contributed by atoms with E-state index in [4.69, 9.17) is 11.5 Å². The number of nitrogens with two attached hydrogens (primary N) is 2. The fourth-order valence-corrected chi connectivity index (χ4v) is 5.71. The van der Waals surface area contributed by atoms with Crippen LogP contribution in [0.1, 0.15) is 12.1 Å². The number of aromatic nitrogens is 1. The summed E-state index contributed by atoms with van der Waals surface area (Å²) in [4.78, 5) is 42.5. The zero-order valence-electron chi connectivity index (χ0n) is 15.3. The van der Waals surface area contributed by atoms with Gasteiger partial charge >= 0.3 is 5.97 Å². The van der Waals surface area contributed by atoms with Crippen molar-refractivity contribution in [2.75, 3.05) is 18.0 Å². The Morgan fingerprint density at radius 3 is 2.87 bits per heavy atom. The maximum atomic E-state index is 12.6. The Morgan fingerprint density at radius 2 is 2.27 bits per heavy atom. The van der Waals surface area contributed by atoms with Gasteiger partial charge in [0, 0.05) is 16.0 Å². The highest BCUT2D eigenvalue weighted by Crippen LogP contribution is 2.43. The Hall–Kier alpha value is -2.55. The molecule has 0 aromatic carbocycles. The number of fused-ring (bicyclic) bond motifs is 1. The van der Waals surface area contributed by atoms with Gasteiger partial charge in [0.2, 0.25) is 0 Å². The number of amides is 2. The molecule has 0 saturated carbocycles. The zero-order valence-corrected chi connectivity index (χ0v) is 17.8. The maximum Gasteiger partial charge on any atom is 0.353 e. The first-order valence-corrected chi connectivity index (χ1v) is 11.4. The number of carboxylic acid groups (broad SMARTS) is 1. The Morgan fingerprint density at radius 1 is 1.50 bits per heavy atom. The molecule has 7 N–H and O–H groups in total. The molecule has 160 valence electrons. The standard InChI is InChI=1S/C16H18N6O5S3/c17-3-1-2-4-28-8-6-29-14-10(13(24)22(14)11(8)15(25)26)20-12(23)9(21-27)7-5-30-16(18)19-7/h2,4-5,10,14,27H,1,3,6,17H2,(H2,18,19)(H,20,23)(H,25,26)/b4-2-,21-9-/t10?,14-/m1/s1. The number of nitrogens with zero attached hydrogens (tertiary/aromatic N) is 3. The number of β-lactam (4-membered cyclic amide) rings is 1. The van der Waals surface area contributed by atoms with Crippen LogP contribution in [-0.4, -0.2) is 67.4 Å². The molecule has 1 unspecified atom stereocenters. The molecule has 2 aliphatic heterocycles. The van der Waals surface area contributed by atoms with Gasteiger partial charge in [-0.25, -0.2) is 9.78 Å². The predicted octanol–water partition coefficient (Wildman–Crippen LogP) is 0.195. The Labute approximate surface area is 183 Å². The summed E-state index contributed by atoms with van der Waals surface area (Å²) in [5.41, 5.74) is 10.5. The lowest BCUT2D eigenvalue weighted by atomic mass is 10.0. The van der Waals surface area contributed by atoms with Crippen LogP contribution in [0.25, 0.3) is 0 Å². The normalized spacial score (nSPS) is 21.6. The van der Waals surface area contributed by atoms with E-state index in [9.17, 15) is 24.7 Å². The summed E-state index contributed by atoms with van der Waals surface area (Å²) in [6, 6.07) is -0.955. The third-order valence-electron chi connectivity index (χ3n) is 4.14. The highest BCUT2D eigenvalue weighted by Gasteiger charge is 2.54. The van der Waals surface area contributed by atoms with Crippen molar-refractivity contribution in [3.63, 3.8) is 0 Å². The molecule has 2 amide bonds. The van der Waals surface area contributed by atoms with Gasteiger partial charge in [0.05, 0.1) is 0 Å². The van der Waals surface area contributed by atoms with Gasteiger partial charge in [0.15, 0.2) is 10.8 Å². The van der Waals surface area contributed by atoms with Crippen LogP contribution >= 0.6 is 34.9 Å². The Kier molecular flexibility index (Phi) is 7.02. The van der Waals surface area contributed by atoms with E-state index in [0.717, 1.165) is 16.2 Å². The van der Waals surface area contributed by atoms with Crippen molar-refractivity contribution < 1.29 is 24.7 Å². The monoisotopic (exact) mass is 470 g/mol. The second-order valence-corrected chi connectivity index (χ2v) is 9.02. The number of carboxylic acids is 1. The van der Waals surface area contributed by atoms with Crippen LogP contribution in [0.15, 0.2) is 32.6 Å². The van der Waals surface area contributed by atoms with Crippen molar-refractivity contribution in [3.05, 3.63) is 33.2 Å². The molecule has 3 heterocycles. The number of carbonyl (C=O) groups is 3. The van der Waals surface area contributed by atoms with E-state index in [1.807, 2.05) is 6.08 Å². The molecule has 0 radical (unpaired) electrons. The molecule has 1 aromatic rings. The van der Waals surface area contributed by atoms with Crippen molar-refractivity contribution >= 4 is 63.5 Å². The van der Waals surface area contributed by atoms with Crippen LogP contribution in [0.3, 0.4) is 0 Å². The largest absolute Gasteiger partial charge is 0.477 e. The number of anilines is 1. The number of thiazole rings is 1. The van der Waals surface area contributed by atoms with E-state index in [2.05, 4.69) is 15.5 Å². The van der Waals surface area contributed by atoms with Crippen molar-refractivity contribution in [2.45, 2.75) is 17.8 Å². The smallest absolute Gasteiger partial charge is 0.353 e. The lowest BCUT2D eigenvalue weighted by Crippen LogP contribution is -2.71. The van der Waals surface area contributed by atoms with Gasteiger partial charge in [0.25, 0.3) is 11.8 Å². The number of carbonyl (C=O) groups excluding carboxylic acids is 2. The Balaban J connectivity index is 1.73.